The van der Waals surface area contributed by atoms with Crippen molar-refractivity contribution in [2.24, 2.45) is 5.73 Å². The Morgan fingerprint density at radius 2 is 1.00 bits per heavy atom. The van der Waals surface area contributed by atoms with Crippen LogP contribution in [0.1, 0.15) is 28.8 Å². The predicted octanol–water partition coefficient (Wildman–Crippen LogP) is 4.49. The number of rotatable bonds is 6. The minimum Gasteiger partial charge on any atom is -0.323 e. The summed E-state index contributed by atoms with van der Waals surface area (Å²) in [7, 11) is 0. The van der Waals surface area contributed by atoms with E-state index < -0.39 is 0 Å². The maximum atomic E-state index is 6.34. The predicted molar refractivity (Wildman–Crippen MR) is 103 cm³/mol. The van der Waals surface area contributed by atoms with Crippen LogP contribution in [0.2, 0.25) is 0 Å². The van der Waals surface area contributed by atoms with E-state index >= 15 is 0 Å². The van der Waals surface area contributed by atoms with Crippen LogP contribution in [0.25, 0.3) is 0 Å². The number of hydrogen-bond acceptors (Lipinski definition) is 2. The molecule has 0 heterocycles. The van der Waals surface area contributed by atoms with Crippen LogP contribution in [0.4, 0.5) is 0 Å². The molecule has 2 nitrogen and oxygen atoms in total. The molecule has 0 spiro atoms. The van der Waals surface area contributed by atoms with Gasteiger partial charge in [-0.25, -0.2) is 0 Å². The van der Waals surface area contributed by atoms with Crippen molar-refractivity contribution in [3.8, 4) is 0 Å². The van der Waals surface area contributed by atoms with Crippen LogP contribution < -0.4 is 11.1 Å². The second kappa shape index (κ2) is 9.24. The Balaban J connectivity index is 0.00000208. The van der Waals surface area contributed by atoms with Crippen LogP contribution in [0.5, 0.6) is 0 Å². The van der Waals surface area contributed by atoms with Crippen LogP contribution in [-0.2, 0) is 0 Å². The van der Waals surface area contributed by atoms with E-state index in [9.17, 15) is 0 Å². The van der Waals surface area contributed by atoms with Gasteiger partial charge in [-0.2, -0.15) is 0 Å². The molecule has 0 aliphatic rings. The molecule has 3 heteroatoms. The van der Waals surface area contributed by atoms with E-state index in [1.54, 1.807) is 0 Å². The summed E-state index contributed by atoms with van der Waals surface area (Å²) in [6, 6.07) is 31.3. The molecule has 3 aromatic rings. The van der Waals surface area contributed by atoms with Crippen molar-refractivity contribution >= 4 is 12.4 Å². The molecule has 0 aliphatic carbocycles. The van der Waals surface area contributed by atoms with E-state index in [0.29, 0.717) is 0 Å². The quantitative estimate of drug-likeness (QED) is 0.695. The maximum Gasteiger partial charge on any atom is 0.0577 e. The standard InChI is InChI=1S/C21H22N2.ClH/c22-20(17-10-4-1-5-11-17)16-23-21(18-12-6-2-7-13-18)19-14-8-3-9-15-19;/h1-15,20-21,23H,16,22H2;1H/t20-;/m0./s1. The Labute approximate surface area is 150 Å². The number of nitrogens with two attached hydrogens (primary N) is 1. The molecule has 1 atom stereocenters. The summed E-state index contributed by atoms with van der Waals surface area (Å²) in [5.41, 5.74) is 9.99. The molecule has 0 unspecified atom stereocenters. The van der Waals surface area contributed by atoms with Gasteiger partial charge in [-0.15, -0.1) is 12.4 Å². The molecule has 3 N–H and O–H groups in total. The number of hydrogen-bond donors (Lipinski definition) is 2. The molecule has 3 rings (SSSR count). The van der Waals surface area contributed by atoms with Crippen molar-refractivity contribution < 1.29 is 0 Å². The van der Waals surface area contributed by atoms with Crippen LogP contribution in [0.3, 0.4) is 0 Å². The molecule has 0 fully saturated rings. The number of halogens is 1. The van der Waals surface area contributed by atoms with Gasteiger partial charge in [-0.1, -0.05) is 91.0 Å². The van der Waals surface area contributed by atoms with Crippen molar-refractivity contribution in [3.63, 3.8) is 0 Å². The van der Waals surface area contributed by atoms with Gasteiger partial charge in [-0.05, 0) is 16.7 Å². The first-order valence-corrected chi connectivity index (χ1v) is 7.98. The van der Waals surface area contributed by atoms with E-state index in [2.05, 4.69) is 66.0 Å². The fourth-order valence-electron chi connectivity index (χ4n) is 2.78. The largest absolute Gasteiger partial charge is 0.323 e. The summed E-state index contributed by atoms with van der Waals surface area (Å²) < 4.78 is 0. The first-order valence-electron chi connectivity index (χ1n) is 7.98. The van der Waals surface area contributed by atoms with E-state index in [4.69, 9.17) is 5.73 Å². The highest BCUT2D eigenvalue weighted by atomic mass is 35.5. The van der Waals surface area contributed by atoms with Gasteiger partial charge in [0, 0.05) is 12.6 Å². The second-order valence-corrected chi connectivity index (χ2v) is 5.68. The van der Waals surface area contributed by atoms with Crippen molar-refractivity contribution in [2.75, 3.05) is 6.54 Å². The van der Waals surface area contributed by atoms with E-state index in [1.165, 1.54) is 11.1 Å². The van der Waals surface area contributed by atoms with Gasteiger partial charge in [0.05, 0.1) is 6.04 Å². The van der Waals surface area contributed by atoms with Crippen LogP contribution in [0.15, 0.2) is 91.0 Å². The van der Waals surface area contributed by atoms with Crippen molar-refractivity contribution in [1.29, 1.82) is 0 Å². The number of nitrogens with one attached hydrogen (secondary N) is 1. The molecule has 24 heavy (non-hydrogen) atoms. The van der Waals surface area contributed by atoms with Gasteiger partial charge < -0.3 is 11.1 Å². The molecule has 124 valence electrons. The summed E-state index contributed by atoms with van der Waals surface area (Å²) in [6.45, 7) is 0.721. The minimum absolute atomic E-state index is 0. The number of benzene rings is 3. The lowest BCUT2D eigenvalue weighted by Gasteiger charge is -2.22. The molecular weight excluding hydrogens is 316 g/mol. The van der Waals surface area contributed by atoms with Gasteiger partial charge in [0.15, 0.2) is 0 Å². The molecule has 0 radical (unpaired) electrons. The fraction of sp³-hybridized carbons (Fsp3) is 0.143. The molecule has 0 bridgehead atoms. The van der Waals surface area contributed by atoms with Crippen LogP contribution in [-0.4, -0.2) is 6.54 Å². The third-order valence-electron chi connectivity index (χ3n) is 4.04. The smallest absolute Gasteiger partial charge is 0.0577 e. The maximum absolute atomic E-state index is 6.34. The minimum atomic E-state index is -0.0221. The molecule has 0 aromatic heterocycles. The Bertz CT molecular complexity index is 662. The lowest BCUT2D eigenvalue weighted by Crippen LogP contribution is -2.30. The summed E-state index contributed by atoms with van der Waals surface area (Å²) >= 11 is 0. The zero-order valence-corrected chi connectivity index (χ0v) is 14.3. The third-order valence-corrected chi connectivity index (χ3v) is 4.04. The molecular formula is C21H23ClN2. The van der Waals surface area contributed by atoms with E-state index in [-0.39, 0.29) is 24.5 Å². The first-order chi connectivity index (χ1) is 11.3. The van der Waals surface area contributed by atoms with Gasteiger partial charge in [0.2, 0.25) is 0 Å². The van der Waals surface area contributed by atoms with Crippen LogP contribution in [0, 0.1) is 0 Å². The topological polar surface area (TPSA) is 38.0 Å². The lowest BCUT2D eigenvalue weighted by molar-refractivity contribution is 0.548. The average molecular weight is 339 g/mol. The molecule has 0 saturated carbocycles. The Morgan fingerprint density at radius 3 is 1.42 bits per heavy atom. The van der Waals surface area contributed by atoms with Crippen molar-refractivity contribution in [2.45, 2.75) is 12.1 Å². The molecule has 0 aliphatic heterocycles. The third kappa shape index (κ3) is 4.68. The fourth-order valence-corrected chi connectivity index (χ4v) is 2.78. The molecule has 0 saturated heterocycles. The van der Waals surface area contributed by atoms with Gasteiger partial charge in [0.25, 0.3) is 0 Å². The summed E-state index contributed by atoms with van der Waals surface area (Å²) in [4.78, 5) is 0. The van der Waals surface area contributed by atoms with Crippen molar-refractivity contribution in [3.05, 3.63) is 108 Å². The highest BCUT2D eigenvalue weighted by molar-refractivity contribution is 5.85. The van der Waals surface area contributed by atoms with Crippen molar-refractivity contribution in [1.82, 2.24) is 5.32 Å². The SMILES string of the molecule is Cl.N[C@@H](CNC(c1ccccc1)c1ccccc1)c1ccccc1. The Morgan fingerprint density at radius 1 is 0.625 bits per heavy atom. The van der Waals surface area contributed by atoms with E-state index in [0.717, 1.165) is 12.1 Å². The molecule has 3 aromatic carbocycles. The first kappa shape index (κ1) is 18.2. The summed E-state index contributed by atoms with van der Waals surface area (Å²) in [5, 5.41) is 3.63. The monoisotopic (exact) mass is 338 g/mol. The molecule has 0 amide bonds. The normalized spacial score (nSPS) is 11.8. The lowest BCUT2D eigenvalue weighted by atomic mass is 9.98. The zero-order chi connectivity index (χ0) is 15.9. The van der Waals surface area contributed by atoms with E-state index in [1.807, 2.05) is 30.3 Å². The summed E-state index contributed by atoms with van der Waals surface area (Å²) in [5.74, 6) is 0. The second-order valence-electron chi connectivity index (χ2n) is 5.68. The zero-order valence-electron chi connectivity index (χ0n) is 13.5. The van der Waals surface area contributed by atoms with Crippen LogP contribution >= 0.6 is 12.4 Å². The highest BCUT2D eigenvalue weighted by Gasteiger charge is 2.15. The Kier molecular flexibility index (Phi) is 7.01. The Hall–Kier alpha value is -2.13. The van der Waals surface area contributed by atoms with Gasteiger partial charge in [-0.3, -0.25) is 0 Å². The van der Waals surface area contributed by atoms with Gasteiger partial charge in [0.1, 0.15) is 0 Å². The highest BCUT2D eigenvalue weighted by Crippen LogP contribution is 2.22. The summed E-state index contributed by atoms with van der Waals surface area (Å²) in [6.07, 6.45) is 0. The average Bonchev–Trinajstić information content (AvgIpc) is 2.64. The van der Waals surface area contributed by atoms with Gasteiger partial charge >= 0.3 is 0 Å².